The number of fused-ring (bicyclic) bond motifs is 1. The Kier molecular flexibility index (Phi) is 14.3. The second-order valence-corrected chi connectivity index (χ2v) is 13.4. The van der Waals surface area contributed by atoms with Gasteiger partial charge in [0.2, 0.25) is 5.91 Å². The average Bonchev–Trinajstić information content (AvgIpc) is 3.68. The number of carbonyl (C=O) groups excluding carboxylic acids is 1. The predicted molar refractivity (Wildman–Crippen MR) is 188 cm³/mol. The normalized spacial score (nSPS) is 15.7. The quantitative estimate of drug-likeness (QED) is 0.112. The SMILES string of the molecule is CCCCCCCOCCOCCOCCCCCCC(=O)N1CCN(c2cc(-c3n[nH]c4ccc(OC5(C)CC5)cc34)ncn2)CC1. The summed E-state index contributed by atoms with van der Waals surface area (Å²) in [6, 6.07) is 8.04. The second-order valence-electron chi connectivity index (χ2n) is 13.4. The van der Waals surface area contributed by atoms with Crippen LogP contribution >= 0.6 is 0 Å². The lowest BCUT2D eigenvalue weighted by atomic mass is 10.1. The Morgan fingerprint density at radius 3 is 2.17 bits per heavy atom. The van der Waals surface area contributed by atoms with Crippen LogP contribution in [0.2, 0.25) is 0 Å². The number of rotatable bonds is 23. The van der Waals surface area contributed by atoms with Crippen molar-refractivity contribution in [3.63, 3.8) is 0 Å². The van der Waals surface area contributed by atoms with Gasteiger partial charge in [-0.05, 0) is 57.2 Å². The molecule has 1 saturated heterocycles. The first-order valence-electron chi connectivity index (χ1n) is 18.3. The number of aromatic amines is 1. The summed E-state index contributed by atoms with van der Waals surface area (Å²) in [6.07, 6.45) is 14.7. The number of piperazine rings is 1. The van der Waals surface area contributed by atoms with Crippen LogP contribution in [-0.2, 0) is 19.0 Å². The molecule has 48 heavy (non-hydrogen) atoms. The Morgan fingerprint density at radius 2 is 1.48 bits per heavy atom. The molecule has 1 aliphatic carbocycles. The van der Waals surface area contributed by atoms with Gasteiger partial charge < -0.3 is 28.7 Å². The van der Waals surface area contributed by atoms with Gasteiger partial charge in [0.25, 0.3) is 0 Å². The van der Waals surface area contributed by atoms with Crippen molar-refractivity contribution in [3.05, 3.63) is 30.6 Å². The van der Waals surface area contributed by atoms with E-state index >= 15 is 0 Å². The minimum Gasteiger partial charge on any atom is -0.488 e. The molecule has 11 nitrogen and oxygen atoms in total. The lowest BCUT2D eigenvalue weighted by Crippen LogP contribution is -2.49. The summed E-state index contributed by atoms with van der Waals surface area (Å²) >= 11 is 0. The summed E-state index contributed by atoms with van der Waals surface area (Å²) in [4.78, 5) is 26.2. The molecule has 1 aliphatic heterocycles. The smallest absolute Gasteiger partial charge is 0.222 e. The van der Waals surface area contributed by atoms with Gasteiger partial charge in [-0.15, -0.1) is 0 Å². The standard InChI is InChI=1S/C37H56N6O5/c1-3-4-5-7-10-21-45-23-25-47-26-24-46-22-11-8-6-9-12-35(44)43-19-17-42(18-20-43)34-28-33(38-29-39-34)36-31-27-30(48-37(2)15-16-37)13-14-32(31)40-41-36/h13-14,27-29H,3-12,15-26H2,1-2H3,(H,40,41). The molecule has 0 atom stereocenters. The highest BCUT2D eigenvalue weighted by molar-refractivity contribution is 5.93. The van der Waals surface area contributed by atoms with E-state index in [1.54, 1.807) is 6.33 Å². The molecule has 11 heteroatoms. The number of nitrogens with zero attached hydrogens (tertiary/aromatic N) is 5. The van der Waals surface area contributed by atoms with Gasteiger partial charge in [-0.25, -0.2) is 9.97 Å². The molecule has 2 fully saturated rings. The predicted octanol–water partition coefficient (Wildman–Crippen LogP) is 6.57. The van der Waals surface area contributed by atoms with Gasteiger partial charge in [0.1, 0.15) is 29.2 Å². The highest BCUT2D eigenvalue weighted by Crippen LogP contribution is 2.40. The minimum absolute atomic E-state index is 0.0440. The van der Waals surface area contributed by atoms with E-state index in [2.05, 4.69) is 38.9 Å². The lowest BCUT2D eigenvalue weighted by molar-refractivity contribution is -0.131. The van der Waals surface area contributed by atoms with Crippen LogP contribution < -0.4 is 9.64 Å². The number of anilines is 1. The maximum atomic E-state index is 12.9. The number of unbranched alkanes of at least 4 members (excludes halogenated alkanes) is 7. The van der Waals surface area contributed by atoms with E-state index in [1.165, 1.54) is 25.7 Å². The number of amides is 1. The number of ether oxygens (including phenoxy) is 4. The summed E-state index contributed by atoms with van der Waals surface area (Å²) in [5, 5.41) is 8.67. The molecular formula is C37H56N6O5. The topological polar surface area (TPSA) is 115 Å². The Labute approximate surface area is 286 Å². The number of hydrogen-bond acceptors (Lipinski definition) is 9. The molecule has 0 unspecified atom stereocenters. The lowest BCUT2D eigenvalue weighted by Gasteiger charge is -2.35. The maximum Gasteiger partial charge on any atom is 0.222 e. The van der Waals surface area contributed by atoms with Crippen LogP contribution in [0, 0.1) is 0 Å². The van der Waals surface area contributed by atoms with Crippen molar-refractivity contribution in [2.75, 3.05) is 70.7 Å². The Bertz CT molecular complexity index is 1390. The molecule has 1 amide bonds. The van der Waals surface area contributed by atoms with Crippen LogP contribution in [0.5, 0.6) is 5.75 Å². The van der Waals surface area contributed by atoms with Crippen LogP contribution in [0.1, 0.15) is 90.9 Å². The minimum atomic E-state index is -0.0440. The molecule has 264 valence electrons. The zero-order valence-electron chi connectivity index (χ0n) is 29.2. The fraction of sp³-hybridized carbons (Fsp3) is 0.676. The molecule has 5 rings (SSSR count). The molecule has 2 aromatic heterocycles. The van der Waals surface area contributed by atoms with E-state index < -0.39 is 0 Å². The molecule has 3 aromatic rings. The fourth-order valence-electron chi connectivity index (χ4n) is 5.99. The van der Waals surface area contributed by atoms with Crippen molar-refractivity contribution < 1.29 is 23.7 Å². The van der Waals surface area contributed by atoms with Crippen molar-refractivity contribution >= 4 is 22.6 Å². The van der Waals surface area contributed by atoms with E-state index in [0.29, 0.717) is 45.9 Å². The zero-order valence-corrected chi connectivity index (χ0v) is 29.2. The molecule has 0 bridgehead atoms. The number of benzene rings is 1. The first-order valence-corrected chi connectivity index (χ1v) is 18.3. The summed E-state index contributed by atoms with van der Waals surface area (Å²) in [5.41, 5.74) is 2.45. The zero-order chi connectivity index (χ0) is 33.4. The summed E-state index contributed by atoms with van der Waals surface area (Å²) in [5.74, 6) is 1.95. The number of aromatic nitrogens is 4. The molecule has 3 heterocycles. The van der Waals surface area contributed by atoms with E-state index in [9.17, 15) is 4.79 Å². The largest absolute Gasteiger partial charge is 0.488 e. The van der Waals surface area contributed by atoms with Gasteiger partial charge in [0.05, 0.1) is 37.6 Å². The van der Waals surface area contributed by atoms with E-state index in [4.69, 9.17) is 18.9 Å². The molecule has 0 radical (unpaired) electrons. The number of hydrogen-bond donors (Lipinski definition) is 1. The van der Waals surface area contributed by atoms with Gasteiger partial charge in [0, 0.05) is 57.3 Å². The van der Waals surface area contributed by atoms with E-state index in [1.807, 2.05) is 29.2 Å². The summed E-state index contributed by atoms with van der Waals surface area (Å²) in [6.45, 7) is 11.3. The first kappa shape index (κ1) is 36.0. The van der Waals surface area contributed by atoms with Crippen LogP contribution in [0.15, 0.2) is 30.6 Å². The summed E-state index contributed by atoms with van der Waals surface area (Å²) < 4.78 is 23.1. The third kappa shape index (κ3) is 11.4. The highest BCUT2D eigenvalue weighted by Gasteiger charge is 2.40. The van der Waals surface area contributed by atoms with Crippen molar-refractivity contribution in [1.82, 2.24) is 25.1 Å². The molecule has 0 spiro atoms. The van der Waals surface area contributed by atoms with Crippen molar-refractivity contribution in [1.29, 1.82) is 0 Å². The van der Waals surface area contributed by atoms with Crippen LogP contribution in [0.25, 0.3) is 22.3 Å². The second kappa shape index (κ2) is 19.0. The molecule has 1 saturated carbocycles. The summed E-state index contributed by atoms with van der Waals surface area (Å²) in [7, 11) is 0. The van der Waals surface area contributed by atoms with Gasteiger partial charge >= 0.3 is 0 Å². The Hall–Kier alpha value is -3.28. The van der Waals surface area contributed by atoms with Crippen LogP contribution in [-0.4, -0.2) is 102 Å². The van der Waals surface area contributed by atoms with Gasteiger partial charge in [-0.1, -0.05) is 45.4 Å². The Morgan fingerprint density at radius 1 is 0.812 bits per heavy atom. The highest BCUT2D eigenvalue weighted by atomic mass is 16.5. The third-order valence-corrected chi connectivity index (χ3v) is 9.27. The van der Waals surface area contributed by atoms with E-state index in [0.717, 1.165) is 105 Å². The number of carbonyl (C=O) groups is 1. The number of H-pyrrole nitrogens is 1. The monoisotopic (exact) mass is 664 g/mol. The Balaban J connectivity index is 0.910. The van der Waals surface area contributed by atoms with Crippen LogP contribution in [0.4, 0.5) is 5.82 Å². The number of nitrogens with one attached hydrogen (secondary N) is 1. The third-order valence-electron chi connectivity index (χ3n) is 9.27. The van der Waals surface area contributed by atoms with Gasteiger partial charge in [-0.2, -0.15) is 5.10 Å². The molecule has 1 aromatic carbocycles. The average molecular weight is 665 g/mol. The van der Waals surface area contributed by atoms with Crippen LogP contribution in [0.3, 0.4) is 0 Å². The van der Waals surface area contributed by atoms with Gasteiger partial charge in [0.15, 0.2) is 0 Å². The molecule has 2 aliphatic rings. The van der Waals surface area contributed by atoms with Crippen molar-refractivity contribution in [2.45, 2.75) is 96.5 Å². The molecular weight excluding hydrogens is 608 g/mol. The van der Waals surface area contributed by atoms with Crippen molar-refractivity contribution in [3.8, 4) is 17.1 Å². The first-order chi connectivity index (χ1) is 23.5. The van der Waals surface area contributed by atoms with E-state index in [-0.39, 0.29) is 11.5 Å². The molecule has 1 N–H and O–H groups in total. The van der Waals surface area contributed by atoms with Crippen molar-refractivity contribution in [2.24, 2.45) is 0 Å². The fourth-order valence-corrected chi connectivity index (χ4v) is 5.99. The maximum absolute atomic E-state index is 12.9. The van der Waals surface area contributed by atoms with Gasteiger partial charge in [-0.3, -0.25) is 9.89 Å².